The van der Waals surface area contributed by atoms with Gasteiger partial charge < -0.3 is 5.11 Å². The highest BCUT2D eigenvalue weighted by Crippen LogP contribution is 2.24. The minimum atomic E-state index is -3.96. The maximum atomic E-state index is 13.7. The first-order valence-electron chi connectivity index (χ1n) is 5.90. The Kier molecular flexibility index (Phi) is 5.02. The van der Waals surface area contributed by atoms with E-state index in [1.54, 1.807) is 6.92 Å². The van der Waals surface area contributed by atoms with Crippen molar-refractivity contribution in [3.63, 3.8) is 0 Å². The van der Waals surface area contributed by atoms with E-state index in [0.717, 1.165) is 16.4 Å². The highest BCUT2D eigenvalue weighted by molar-refractivity contribution is 7.89. The number of carboxylic acid groups (broad SMARTS) is 1. The normalized spacial score (nSPS) is 11.6. The Morgan fingerprint density at radius 1 is 1.50 bits per heavy atom. The molecule has 0 aliphatic rings. The maximum absolute atomic E-state index is 13.7. The fourth-order valence-electron chi connectivity index (χ4n) is 1.73. The maximum Gasteiger partial charge on any atom is 0.335 e. The summed E-state index contributed by atoms with van der Waals surface area (Å²) in [6.45, 7) is 6.64. The number of carbonyl (C=O) groups is 1. The molecule has 0 aliphatic carbocycles. The molecule has 0 saturated heterocycles. The van der Waals surface area contributed by atoms with E-state index in [-0.39, 0.29) is 23.5 Å². The van der Waals surface area contributed by atoms with E-state index in [9.17, 15) is 17.6 Å². The fraction of sp³-hybridized carbons (Fsp3) is 0.308. The molecule has 5 nitrogen and oxygen atoms in total. The summed E-state index contributed by atoms with van der Waals surface area (Å²) in [4.78, 5) is 10.6. The molecular formula is C13H16FNO4S. The highest BCUT2D eigenvalue weighted by Gasteiger charge is 2.26. The third kappa shape index (κ3) is 3.05. The van der Waals surface area contributed by atoms with Crippen LogP contribution in [0.5, 0.6) is 0 Å². The van der Waals surface area contributed by atoms with Crippen LogP contribution in [0.25, 0.3) is 0 Å². The third-order valence-corrected chi connectivity index (χ3v) is 4.91. The molecule has 0 unspecified atom stereocenters. The van der Waals surface area contributed by atoms with E-state index in [0.29, 0.717) is 0 Å². The number of nitrogens with zero attached hydrogens (tertiary/aromatic N) is 1. The molecule has 0 bridgehead atoms. The molecule has 0 radical (unpaired) electrons. The molecular weight excluding hydrogens is 285 g/mol. The van der Waals surface area contributed by atoms with E-state index in [1.807, 2.05) is 0 Å². The summed E-state index contributed by atoms with van der Waals surface area (Å²) < 4.78 is 39.6. The average molecular weight is 301 g/mol. The van der Waals surface area contributed by atoms with Crippen LogP contribution in [0.15, 0.2) is 29.7 Å². The number of hydrogen-bond donors (Lipinski definition) is 1. The van der Waals surface area contributed by atoms with Crippen LogP contribution in [0.4, 0.5) is 4.39 Å². The van der Waals surface area contributed by atoms with Crippen molar-refractivity contribution in [1.29, 1.82) is 0 Å². The number of rotatable bonds is 6. The smallest absolute Gasteiger partial charge is 0.335 e. The first-order chi connectivity index (χ1) is 9.25. The Morgan fingerprint density at radius 3 is 2.55 bits per heavy atom. The summed E-state index contributed by atoms with van der Waals surface area (Å²) in [7, 11) is -3.96. The lowest BCUT2D eigenvalue weighted by molar-refractivity contribution is 0.0696. The molecule has 0 spiro atoms. The SMILES string of the molecule is C=CCN(CC)S(=O)(=O)c1cc(C(=O)O)cc(F)c1C. The molecule has 20 heavy (non-hydrogen) atoms. The van der Waals surface area contributed by atoms with Gasteiger partial charge in [0.25, 0.3) is 0 Å². The number of halogens is 1. The van der Waals surface area contributed by atoms with Gasteiger partial charge in [-0.15, -0.1) is 6.58 Å². The molecule has 0 fully saturated rings. The van der Waals surface area contributed by atoms with Crippen LogP contribution >= 0.6 is 0 Å². The molecule has 0 aromatic heterocycles. The molecule has 7 heteroatoms. The summed E-state index contributed by atoms with van der Waals surface area (Å²) in [5.74, 6) is -2.25. The predicted molar refractivity (Wildman–Crippen MR) is 72.7 cm³/mol. The first kappa shape index (κ1) is 16.3. The molecule has 0 amide bonds. The molecule has 1 aromatic carbocycles. The van der Waals surface area contributed by atoms with Gasteiger partial charge in [-0.05, 0) is 19.1 Å². The highest BCUT2D eigenvalue weighted by atomic mass is 32.2. The van der Waals surface area contributed by atoms with Crippen molar-refractivity contribution in [2.75, 3.05) is 13.1 Å². The van der Waals surface area contributed by atoms with Crippen LogP contribution in [0, 0.1) is 12.7 Å². The van der Waals surface area contributed by atoms with Crippen LogP contribution in [-0.2, 0) is 10.0 Å². The lowest BCUT2D eigenvalue weighted by Crippen LogP contribution is -2.31. The van der Waals surface area contributed by atoms with Gasteiger partial charge in [0.1, 0.15) is 5.82 Å². The van der Waals surface area contributed by atoms with Gasteiger partial charge in [0, 0.05) is 18.7 Å². The van der Waals surface area contributed by atoms with E-state index < -0.39 is 27.4 Å². The molecule has 0 atom stereocenters. The summed E-state index contributed by atoms with van der Waals surface area (Å²) in [5, 5.41) is 8.90. The minimum Gasteiger partial charge on any atom is -0.478 e. The van der Waals surface area contributed by atoms with E-state index in [1.165, 1.54) is 13.0 Å². The number of aromatic carboxylic acids is 1. The van der Waals surface area contributed by atoms with Gasteiger partial charge in [-0.3, -0.25) is 0 Å². The summed E-state index contributed by atoms with van der Waals surface area (Å²) >= 11 is 0. The molecule has 1 rings (SSSR count). The summed E-state index contributed by atoms with van der Waals surface area (Å²) in [5.41, 5.74) is -0.501. The molecule has 0 aliphatic heterocycles. The lowest BCUT2D eigenvalue weighted by atomic mass is 10.1. The summed E-state index contributed by atoms with van der Waals surface area (Å²) in [6.07, 6.45) is 1.41. The van der Waals surface area contributed by atoms with Gasteiger partial charge in [0.2, 0.25) is 10.0 Å². The molecule has 0 heterocycles. The van der Waals surface area contributed by atoms with Crippen molar-refractivity contribution in [3.8, 4) is 0 Å². The van der Waals surface area contributed by atoms with Crippen LogP contribution in [0.3, 0.4) is 0 Å². The van der Waals surface area contributed by atoms with Crippen LogP contribution in [-0.4, -0.2) is 36.9 Å². The Hall–Kier alpha value is -1.73. The standard InChI is InChI=1S/C13H16FNO4S/c1-4-6-15(5-2)20(18,19)12-8-10(13(16)17)7-11(14)9(12)3/h4,7-8H,1,5-6H2,2-3H3,(H,16,17). The van der Waals surface area contributed by atoms with Gasteiger partial charge in [-0.1, -0.05) is 13.0 Å². The Labute approximate surface area is 117 Å². The van der Waals surface area contributed by atoms with Gasteiger partial charge in [0.15, 0.2) is 0 Å². The average Bonchev–Trinajstić information content (AvgIpc) is 2.38. The van der Waals surface area contributed by atoms with Crippen LogP contribution in [0.1, 0.15) is 22.8 Å². The number of likely N-dealkylation sites (N-methyl/N-ethyl adjacent to an activating group) is 1. The van der Waals surface area contributed by atoms with Crippen LogP contribution < -0.4 is 0 Å². The minimum absolute atomic E-state index is 0.0667. The van der Waals surface area contributed by atoms with Gasteiger partial charge >= 0.3 is 5.97 Å². The quantitative estimate of drug-likeness (QED) is 0.816. The number of carboxylic acids is 1. The number of benzene rings is 1. The second kappa shape index (κ2) is 6.15. The van der Waals surface area contributed by atoms with Gasteiger partial charge in [-0.2, -0.15) is 4.31 Å². The van der Waals surface area contributed by atoms with Crippen molar-refractivity contribution in [2.24, 2.45) is 0 Å². The number of sulfonamides is 1. The fourth-order valence-corrected chi connectivity index (χ4v) is 3.41. The lowest BCUT2D eigenvalue weighted by Gasteiger charge is -2.20. The monoisotopic (exact) mass is 301 g/mol. The van der Waals surface area contributed by atoms with Crippen LogP contribution in [0.2, 0.25) is 0 Å². The van der Waals surface area contributed by atoms with Crippen molar-refractivity contribution >= 4 is 16.0 Å². The number of hydrogen-bond acceptors (Lipinski definition) is 3. The zero-order chi connectivity index (χ0) is 15.5. The van der Waals surface area contributed by atoms with Crippen molar-refractivity contribution in [1.82, 2.24) is 4.31 Å². The molecule has 110 valence electrons. The second-order valence-corrected chi connectivity index (χ2v) is 6.04. The topological polar surface area (TPSA) is 74.7 Å². The Balaban J connectivity index is 3.51. The van der Waals surface area contributed by atoms with E-state index in [2.05, 4.69) is 6.58 Å². The van der Waals surface area contributed by atoms with E-state index >= 15 is 0 Å². The second-order valence-electron chi connectivity index (χ2n) is 4.13. The van der Waals surface area contributed by atoms with Gasteiger partial charge in [0.05, 0.1) is 10.5 Å². The molecule has 1 aromatic rings. The predicted octanol–water partition coefficient (Wildman–Crippen LogP) is 2.03. The molecule has 0 saturated carbocycles. The first-order valence-corrected chi connectivity index (χ1v) is 7.34. The van der Waals surface area contributed by atoms with Crippen molar-refractivity contribution in [3.05, 3.63) is 41.7 Å². The van der Waals surface area contributed by atoms with Gasteiger partial charge in [-0.25, -0.2) is 17.6 Å². The zero-order valence-corrected chi connectivity index (χ0v) is 12.1. The Bertz CT molecular complexity index is 640. The van der Waals surface area contributed by atoms with Crippen molar-refractivity contribution in [2.45, 2.75) is 18.7 Å². The third-order valence-electron chi connectivity index (χ3n) is 2.85. The zero-order valence-electron chi connectivity index (χ0n) is 11.3. The Morgan fingerprint density at radius 2 is 2.10 bits per heavy atom. The summed E-state index contributed by atoms with van der Waals surface area (Å²) in [6, 6.07) is 1.78. The largest absolute Gasteiger partial charge is 0.478 e. The van der Waals surface area contributed by atoms with Crippen molar-refractivity contribution < 1.29 is 22.7 Å². The van der Waals surface area contributed by atoms with E-state index in [4.69, 9.17) is 5.11 Å². The molecule has 1 N–H and O–H groups in total.